The van der Waals surface area contributed by atoms with E-state index in [1.807, 2.05) is 24.3 Å². The van der Waals surface area contributed by atoms with Gasteiger partial charge in [0, 0.05) is 34.8 Å². The second-order valence-electron chi connectivity index (χ2n) is 5.15. The predicted octanol–water partition coefficient (Wildman–Crippen LogP) is 3.59. The van der Waals surface area contributed by atoms with Gasteiger partial charge in [0.25, 0.3) is 5.91 Å². The molecule has 2 amide bonds. The summed E-state index contributed by atoms with van der Waals surface area (Å²) < 4.78 is 5.41. The highest BCUT2D eigenvalue weighted by atomic mass is 35.5. The molecule has 0 unspecified atom stereocenters. The van der Waals surface area contributed by atoms with Crippen LogP contribution in [0.25, 0.3) is 0 Å². The molecule has 0 heterocycles. The summed E-state index contributed by atoms with van der Waals surface area (Å²) >= 11 is 7.48. The molecule has 0 aliphatic heterocycles. The lowest BCUT2D eigenvalue weighted by Crippen LogP contribution is -2.30. The maximum absolute atomic E-state index is 11.8. The summed E-state index contributed by atoms with van der Waals surface area (Å²) in [5.41, 5.74) is 0.684. The van der Waals surface area contributed by atoms with Crippen LogP contribution in [0, 0.1) is 0 Å². The van der Waals surface area contributed by atoms with Gasteiger partial charge in [-0.1, -0.05) is 11.6 Å². The Hall–Kier alpha value is -2.18. The van der Waals surface area contributed by atoms with Crippen LogP contribution < -0.4 is 15.4 Å². The van der Waals surface area contributed by atoms with Crippen LogP contribution in [-0.2, 0) is 9.59 Å². The summed E-state index contributed by atoms with van der Waals surface area (Å²) in [7, 11) is 0. The maximum Gasteiger partial charge on any atom is 0.257 e. The molecule has 2 aromatic rings. The van der Waals surface area contributed by atoms with Gasteiger partial charge in [0.05, 0.1) is 0 Å². The molecule has 0 radical (unpaired) electrons. The van der Waals surface area contributed by atoms with Crippen molar-refractivity contribution in [2.75, 3.05) is 24.2 Å². The number of nitrogens with one attached hydrogen (secondary N) is 2. The molecular formula is C18H19ClN2O3S. The minimum absolute atomic E-state index is 0.0505. The highest BCUT2D eigenvalue weighted by molar-refractivity contribution is 7.99. The maximum atomic E-state index is 11.8. The lowest BCUT2D eigenvalue weighted by atomic mass is 10.3. The molecule has 0 aliphatic carbocycles. The third kappa shape index (κ3) is 7.49. The van der Waals surface area contributed by atoms with E-state index < -0.39 is 0 Å². The van der Waals surface area contributed by atoms with Crippen LogP contribution in [-0.4, -0.2) is 30.7 Å². The van der Waals surface area contributed by atoms with Gasteiger partial charge < -0.3 is 15.4 Å². The van der Waals surface area contributed by atoms with Crippen LogP contribution in [0.1, 0.15) is 6.92 Å². The van der Waals surface area contributed by atoms with Crippen molar-refractivity contribution in [3.05, 3.63) is 53.6 Å². The van der Waals surface area contributed by atoms with Crippen molar-refractivity contribution < 1.29 is 14.3 Å². The van der Waals surface area contributed by atoms with Crippen molar-refractivity contribution in [2.45, 2.75) is 11.8 Å². The molecule has 132 valence electrons. The van der Waals surface area contributed by atoms with Crippen molar-refractivity contribution in [3.8, 4) is 5.75 Å². The van der Waals surface area contributed by atoms with Gasteiger partial charge in [-0.25, -0.2) is 0 Å². The van der Waals surface area contributed by atoms with Gasteiger partial charge in [0.15, 0.2) is 6.61 Å². The van der Waals surface area contributed by atoms with Crippen LogP contribution in [0.3, 0.4) is 0 Å². The van der Waals surface area contributed by atoms with Crippen LogP contribution in [0.5, 0.6) is 5.75 Å². The lowest BCUT2D eigenvalue weighted by Gasteiger charge is -2.08. The second-order valence-corrected chi connectivity index (χ2v) is 6.75. The Morgan fingerprint density at radius 2 is 1.76 bits per heavy atom. The number of hydrogen-bond donors (Lipinski definition) is 2. The Labute approximate surface area is 156 Å². The SMILES string of the molecule is CC(=O)Nc1ccc(OCC(=O)NCCSc2ccc(Cl)cc2)cc1. The Kier molecular flexibility index (Phi) is 7.63. The van der Waals surface area contributed by atoms with Crippen molar-refractivity contribution >= 4 is 40.9 Å². The highest BCUT2D eigenvalue weighted by Gasteiger charge is 2.03. The summed E-state index contributed by atoms with van der Waals surface area (Å²) in [5, 5.41) is 6.18. The molecule has 0 saturated carbocycles. The van der Waals surface area contributed by atoms with Crippen molar-refractivity contribution in [1.82, 2.24) is 5.32 Å². The molecular weight excluding hydrogens is 360 g/mol. The minimum atomic E-state index is -0.178. The average molecular weight is 379 g/mol. The molecule has 5 nitrogen and oxygen atoms in total. The van der Waals surface area contributed by atoms with E-state index >= 15 is 0 Å². The molecule has 7 heteroatoms. The molecule has 0 aromatic heterocycles. The molecule has 2 aromatic carbocycles. The lowest BCUT2D eigenvalue weighted by molar-refractivity contribution is -0.123. The third-order valence-corrected chi connectivity index (χ3v) is 4.32. The van der Waals surface area contributed by atoms with Crippen LogP contribution >= 0.6 is 23.4 Å². The van der Waals surface area contributed by atoms with E-state index in [9.17, 15) is 9.59 Å². The van der Waals surface area contributed by atoms with E-state index in [0.29, 0.717) is 23.0 Å². The van der Waals surface area contributed by atoms with E-state index in [-0.39, 0.29) is 18.4 Å². The zero-order chi connectivity index (χ0) is 18.1. The fraction of sp³-hybridized carbons (Fsp3) is 0.222. The number of rotatable bonds is 8. The van der Waals surface area contributed by atoms with Gasteiger partial charge in [0.2, 0.25) is 5.91 Å². The van der Waals surface area contributed by atoms with E-state index in [1.165, 1.54) is 6.92 Å². The Bertz CT molecular complexity index is 705. The molecule has 0 spiro atoms. The number of benzene rings is 2. The topological polar surface area (TPSA) is 67.4 Å². The normalized spacial score (nSPS) is 10.2. The summed E-state index contributed by atoms with van der Waals surface area (Å²) in [6.45, 7) is 1.95. The summed E-state index contributed by atoms with van der Waals surface area (Å²) in [4.78, 5) is 23.8. The van der Waals surface area contributed by atoms with Gasteiger partial charge in [-0.05, 0) is 48.5 Å². The smallest absolute Gasteiger partial charge is 0.257 e. The fourth-order valence-electron chi connectivity index (χ4n) is 1.93. The molecule has 25 heavy (non-hydrogen) atoms. The van der Waals surface area contributed by atoms with Crippen molar-refractivity contribution in [1.29, 1.82) is 0 Å². The third-order valence-electron chi connectivity index (χ3n) is 3.05. The number of thioether (sulfide) groups is 1. The average Bonchev–Trinajstić information content (AvgIpc) is 2.59. The summed E-state index contributed by atoms with van der Waals surface area (Å²) in [6, 6.07) is 14.4. The first-order valence-electron chi connectivity index (χ1n) is 7.68. The minimum Gasteiger partial charge on any atom is -0.484 e. The quantitative estimate of drug-likeness (QED) is 0.544. The van der Waals surface area contributed by atoms with E-state index in [4.69, 9.17) is 16.3 Å². The van der Waals surface area contributed by atoms with Crippen LogP contribution in [0.4, 0.5) is 5.69 Å². The summed E-state index contributed by atoms with van der Waals surface area (Å²) in [6.07, 6.45) is 0. The van der Waals surface area contributed by atoms with Gasteiger partial charge in [-0.3, -0.25) is 9.59 Å². The van der Waals surface area contributed by atoms with Crippen LogP contribution in [0.15, 0.2) is 53.4 Å². The van der Waals surface area contributed by atoms with Crippen LogP contribution in [0.2, 0.25) is 5.02 Å². The summed E-state index contributed by atoms with van der Waals surface area (Å²) in [5.74, 6) is 1.02. The molecule has 0 aliphatic rings. The monoisotopic (exact) mass is 378 g/mol. The Morgan fingerprint density at radius 3 is 2.40 bits per heavy atom. The van der Waals surface area contributed by atoms with Gasteiger partial charge in [-0.2, -0.15) is 0 Å². The second kappa shape index (κ2) is 9.96. The fourth-order valence-corrected chi connectivity index (χ4v) is 2.82. The van der Waals surface area contributed by atoms with E-state index in [2.05, 4.69) is 10.6 Å². The zero-order valence-corrected chi connectivity index (χ0v) is 15.3. The Morgan fingerprint density at radius 1 is 1.08 bits per heavy atom. The number of carbonyl (C=O) groups is 2. The number of hydrogen-bond acceptors (Lipinski definition) is 4. The molecule has 0 atom stereocenters. The zero-order valence-electron chi connectivity index (χ0n) is 13.8. The first kappa shape index (κ1) is 19.1. The molecule has 2 rings (SSSR count). The van der Waals surface area contributed by atoms with Gasteiger partial charge in [-0.15, -0.1) is 11.8 Å². The molecule has 0 fully saturated rings. The molecule has 0 bridgehead atoms. The molecule has 0 saturated heterocycles. The first-order chi connectivity index (χ1) is 12.0. The van der Waals surface area contributed by atoms with Gasteiger partial charge >= 0.3 is 0 Å². The van der Waals surface area contributed by atoms with Crippen molar-refractivity contribution in [2.24, 2.45) is 0 Å². The predicted molar refractivity (Wildman–Crippen MR) is 101 cm³/mol. The number of amides is 2. The first-order valence-corrected chi connectivity index (χ1v) is 9.05. The Balaban J connectivity index is 1.63. The number of anilines is 1. The van der Waals surface area contributed by atoms with E-state index in [0.717, 1.165) is 10.6 Å². The van der Waals surface area contributed by atoms with Gasteiger partial charge in [0.1, 0.15) is 5.75 Å². The largest absolute Gasteiger partial charge is 0.484 e. The van der Waals surface area contributed by atoms with Crippen molar-refractivity contribution in [3.63, 3.8) is 0 Å². The highest BCUT2D eigenvalue weighted by Crippen LogP contribution is 2.19. The van der Waals surface area contributed by atoms with E-state index in [1.54, 1.807) is 36.0 Å². The number of halogens is 1. The molecule has 2 N–H and O–H groups in total. The standard InChI is InChI=1S/C18H19ClN2O3S/c1-13(22)21-15-4-6-16(7-5-15)24-12-18(23)20-10-11-25-17-8-2-14(19)3-9-17/h2-9H,10-12H2,1H3,(H,20,23)(H,21,22). The number of carbonyl (C=O) groups excluding carboxylic acids is 2. The number of ether oxygens (including phenoxy) is 1.